The van der Waals surface area contributed by atoms with Crippen molar-refractivity contribution in [2.24, 2.45) is 0 Å². The summed E-state index contributed by atoms with van der Waals surface area (Å²) in [5.74, 6) is -0.0795. The lowest BCUT2D eigenvalue weighted by Gasteiger charge is -2.09. The van der Waals surface area contributed by atoms with E-state index in [9.17, 15) is 4.79 Å². The Kier molecular flexibility index (Phi) is 2.67. The van der Waals surface area contributed by atoms with Gasteiger partial charge in [-0.2, -0.15) is 10.4 Å². The van der Waals surface area contributed by atoms with Crippen LogP contribution in [0.4, 0.5) is 0 Å². The van der Waals surface area contributed by atoms with Crippen LogP contribution in [0.3, 0.4) is 0 Å². The van der Waals surface area contributed by atoms with Gasteiger partial charge in [-0.3, -0.25) is 0 Å². The first-order valence-corrected chi connectivity index (χ1v) is 6.20. The Balaban J connectivity index is 2.21. The summed E-state index contributed by atoms with van der Waals surface area (Å²) in [6, 6.07) is 2.05. The van der Waals surface area contributed by atoms with E-state index in [0.717, 1.165) is 18.5 Å². The van der Waals surface area contributed by atoms with Crippen molar-refractivity contribution < 1.29 is 9.53 Å². The Morgan fingerprint density at radius 1 is 1.58 bits per heavy atom. The van der Waals surface area contributed by atoms with Crippen molar-refractivity contribution in [2.45, 2.75) is 25.7 Å². The minimum Gasteiger partial charge on any atom is -0.462 e. The van der Waals surface area contributed by atoms with Crippen molar-refractivity contribution in [2.75, 3.05) is 6.61 Å². The maximum absolute atomic E-state index is 11.9. The molecular weight excluding hydrogens is 244 g/mol. The van der Waals surface area contributed by atoms with Crippen LogP contribution in [0.1, 0.15) is 47.3 Å². The van der Waals surface area contributed by atoms with Gasteiger partial charge in [0.15, 0.2) is 5.65 Å². The maximum Gasteiger partial charge on any atom is 0.341 e. The van der Waals surface area contributed by atoms with Crippen LogP contribution in [0.25, 0.3) is 5.65 Å². The molecule has 0 amide bonds. The van der Waals surface area contributed by atoms with E-state index in [2.05, 4.69) is 10.1 Å². The Bertz CT molecular complexity index is 694. The molecule has 1 saturated carbocycles. The molecule has 0 atom stereocenters. The number of carbonyl (C=O) groups excluding carboxylic acids is 1. The summed E-state index contributed by atoms with van der Waals surface area (Å²) in [4.78, 5) is 16.1. The topological polar surface area (TPSA) is 80.3 Å². The van der Waals surface area contributed by atoms with E-state index in [0.29, 0.717) is 29.3 Å². The molecular formula is C13H12N4O2. The Labute approximate surface area is 109 Å². The summed E-state index contributed by atoms with van der Waals surface area (Å²) in [6.07, 6.45) is 5.01. The highest BCUT2D eigenvalue weighted by Gasteiger charge is 2.32. The summed E-state index contributed by atoms with van der Waals surface area (Å²) in [7, 11) is 0. The molecule has 6 heteroatoms. The zero-order chi connectivity index (χ0) is 13.4. The predicted octanol–water partition coefficient (Wildman–Crippen LogP) is 1.66. The number of carbonyl (C=O) groups is 1. The van der Waals surface area contributed by atoms with Crippen LogP contribution in [0, 0.1) is 11.3 Å². The van der Waals surface area contributed by atoms with Crippen molar-refractivity contribution in [3.8, 4) is 6.07 Å². The van der Waals surface area contributed by atoms with Gasteiger partial charge in [0.2, 0.25) is 0 Å². The summed E-state index contributed by atoms with van der Waals surface area (Å²) in [5.41, 5.74) is 2.17. The molecule has 19 heavy (non-hydrogen) atoms. The van der Waals surface area contributed by atoms with Gasteiger partial charge < -0.3 is 4.74 Å². The minimum atomic E-state index is -0.382. The number of nitriles is 1. The molecule has 1 fully saturated rings. The van der Waals surface area contributed by atoms with E-state index in [1.165, 1.54) is 12.4 Å². The molecule has 1 aliphatic carbocycles. The van der Waals surface area contributed by atoms with Gasteiger partial charge in [0.1, 0.15) is 11.6 Å². The molecule has 6 nitrogen and oxygen atoms in total. The second-order valence-corrected chi connectivity index (χ2v) is 4.46. The van der Waals surface area contributed by atoms with E-state index in [-0.39, 0.29) is 5.97 Å². The van der Waals surface area contributed by atoms with Gasteiger partial charge in [0, 0.05) is 12.1 Å². The first kappa shape index (κ1) is 11.7. The highest BCUT2D eigenvalue weighted by molar-refractivity contribution is 5.91. The zero-order valence-electron chi connectivity index (χ0n) is 10.5. The van der Waals surface area contributed by atoms with Crippen molar-refractivity contribution in [3.63, 3.8) is 0 Å². The first-order chi connectivity index (χ1) is 9.26. The van der Waals surface area contributed by atoms with Crippen molar-refractivity contribution in [1.29, 1.82) is 5.26 Å². The highest BCUT2D eigenvalue weighted by atomic mass is 16.5. The largest absolute Gasteiger partial charge is 0.462 e. The van der Waals surface area contributed by atoms with Crippen LogP contribution in [0.15, 0.2) is 12.4 Å². The third-order valence-corrected chi connectivity index (χ3v) is 3.14. The first-order valence-electron chi connectivity index (χ1n) is 6.20. The number of hydrogen-bond acceptors (Lipinski definition) is 5. The summed E-state index contributed by atoms with van der Waals surface area (Å²) in [6.45, 7) is 2.09. The fourth-order valence-corrected chi connectivity index (χ4v) is 2.14. The second-order valence-electron chi connectivity index (χ2n) is 4.46. The highest BCUT2D eigenvalue weighted by Crippen LogP contribution is 2.41. The fraction of sp³-hybridized carbons (Fsp3) is 0.385. The number of nitrogens with zero attached hydrogens (tertiary/aromatic N) is 4. The average Bonchev–Trinajstić information content (AvgIpc) is 3.17. The average molecular weight is 256 g/mol. The predicted molar refractivity (Wildman–Crippen MR) is 65.6 cm³/mol. The summed E-state index contributed by atoms with van der Waals surface area (Å²) in [5, 5.41) is 13.2. The molecule has 96 valence electrons. The lowest BCUT2D eigenvalue weighted by molar-refractivity contribution is 0.0523. The monoisotopic (exact) mass is 256 g/mol. The lowest BCUT2D eigenvalue weighted by atomic mass is 10.1. The van der Waals surface area contributed by atoms with Gasteiger partial charge >= 0.3 is 5.97 Å². The van der Waals surface area contributed by atoms with E-state index >= 15 is 0 Å². The summed E-state index contributed by atoms with van der Waals surface area (Å²) < 4.78 is 6.64. The Morgan fingerprint density at radius 3 is 3.00 bits per heavy atom. The van der Waals surface area contributed by atoms with E-state index in [1.54, 1.807) is 11.4 Å². The molecule has 2 aromatic heterocycles. The molecule has 0 saturated heterocycles. The molecule has 1 aliphatic rings. The van der Waals surface area contributed by atoms with Crippen LogP contribution in [-0.2, 0) is 4.74 Å². The van der Waals surface area contributed by atoms with Gasteiger partial charge in [-0.05, 0) is 19.8 Å². The van der Waals surface area contributed by atoms with Gasteiger partial charge in [0.05, 0.1) is 24.1 Å². The van der Waals surface area contributed by atoms with Crippen molar-refractivity contribution >= 4 is 11.6 Å². The van der Waals surface area contributed by atoms with Crippen LogP contribution in [0.2, 0.25) is 0 Å². The van der Waals surface area contributed by atoms with E-state index in [4.69, 9.17) is 10.00 Å². The Morgan fingerprint density at radius 2 is 2.37 bits per heavy atom. The molecule has 2 aromatic rings. The van der Waals surface area contributed by atoms with Crippen molar-refractivity contribution in [1.82, 2.24) is 14.6 Å². The SMILES string of the molecule is CCOC(=O)c1cnc2c(C#N)cnn2c1C1CC1. The number of fused-ring (bicyclic) bond motifs is 1. The summed E-state index contributed by atoms with van der Waals surface area (Å²) >= 11 is 0. The Hall–Kier alpha value is -2.42. The number of ether oxygens (including phenoxy) is 1. The minimum absolute atomic E-state index is 0.302. The quantitative estimate of drug-likeness (QED) is 0.780. The molecule has 0 aliphatic heterocycles. The second kappa shape index (κ2) is 4.35. The van der Waals surface area contributed by atoms with Gasteiger partial charge in [0.25, 0.3) is 0 Å². The molecule has 2 heterocycles. The number of rotatable bonds is 3. The number of aromatic nitrogens is 3. The normalized spacial score (nSPS) is 14.3. The zero-order valence-corrected chi connectivity index (χ0v) is 10.5. The standard InChI is InChI=1S/C13H12N4O2/c1-2-19-13(18)10-7-15-12-9(5-14)6-16-17(12)11(10)8-3-4-8/h6-8H,2-4H2,1H3. The van der Waals surface area contributed by atoms with Crippen LogP contribution in [-0.4, -0.2) is 27.2 Å². The molecule has 0 unspecified atom stereocenters. The van der Waals surface area contributed by atoms with E-state index in [1.807, 2.05) is 6.07 Å². The van der Waals surface area contributed by atoms with Crippen LogP contribution in [0.5, 0.6) is 0 Å². The third-order valence-electron chi connectivity index (χ3n) is 3.14. The van der Waals surface area contributed by atoms with Crippen molar-refractivity contribution in [3.05, 3.63) is 29.2 Å². The fourth-order valence-electron chi connectivity index (χ4n) is 2.14. The molecule has 3 rings (SSSR count). The number of esters is 1. The van der Waals surface area contributed by atoms with Gasteiger partial charge in [-0.1, -0.05) is 0 Å². The van der Waals surface area contributed by atoms with E-state index < -0.39 is 0 Å². The lowest BCUT2D eigenvalue weighted by Crippen LogP contribution is -2.13. The molecule has 0 aromatic carbocycles. The van der Waals surface area contributed by atoms with Crippen LogP contribution >= 0.6 is 0 Å². The maximum atomic E-state index is 11.9. The van der Waals surface area contributed by atoms with Gasteiger partial charge in [-0.15, -0.1) is 0 Å². The third kappa shape index (κ3) is 1.83. The molecule has 0 N–H and O–H groups in total. The van der Waals surface area contributed by atoms with Crippen LogP contribution < -0.4 is 0 Å². The molecule has 0 spiro atoms. The molecule has 0 bridgehead atoms. The van der Waals surface area contributed by atoms with Gasteiger partial charge in [-0.25, -0.2) is 14.3 Å². The number of hydrogen-bond donors (Lipinski definition) is 0. The molecule has 0 radical (unpaired) electrons. The smallest absolute Gasteiger partial charge is 0.341 e.